The van der Waals surface area contributed by atoms with E-state index >= 15 is 0 Å². The molecule has 0 unspecified atom stereocenters. The van der Waals surface area contributed by atoms with Crippen molar-refractivity contribution < 1.29 is 18.7 Å². The predicted molar refractivity (Wildman–Crippen MR) is 111 cm³/mol. The third-order valence-corrected chi connectivity index (χ3v) is 5.37. The van der Waals surface area contributed by atoms with Crippen LogP contribution in [0.25, 0.3) is 6.08 Å². The zero-order valence-electron chi connectivity index (χ0n) is 15.5. The molecule has 148 valence electrons. The Morgan fingerprint density at radius 1 is 1.10 bits per heavy atom. The van der Waals surface area contributed by atoms with Crippen LogP contribution >= 0.6 is 11.8 Å². The van der Waals surface area contributed by atoms with Gasteiger partial charge >= 0.3 is 6.09 Å². The monoisotopic (exact) mass is 411 g/mol. The Labute approximate surface area is 171 Å². The third kappa shape index (κ3) is 4.32. The summed E-state index contributed by atoms with van der Waals surface area (Å²) in [5, 5.41) is 0.497. The van der Waals surface area contributed by atoms with Crippen LogP contribution in [0.5, 0.6) is 0 Å². The minimum atomic E-state index is -0.376. The number of carbonyl (C=O) groups is 2. The lowest BCUT2D eigenvalue weighted by atomic mass is 10.2. The molecule has 8 heteroatoms. The van der Waals surface area contributed by atoms with Crippen LogP contribution in [0.1, 0.15) is 5.56 Å². The van der Waals surface area contributed by atoms with Crippen molar-refractivity contribution in [1.82, 2.24) is 4.90 Å². The van der Waals surface area contributed by atoms with E-state index in [0.29, 0.717) is 42.0 Å². The van der Waals surface area contributed by atoms with E-state index in [2.05, 4.69) is 4.99 Å². The number of hydrogen-bond acceptors (Lipinski definition) is 5. The Morgan fingerprint density at radius 2 is 1.86 bits per heavy atom. The average molecular weight is 411 g/mol. The van der Waals surface area contributed by atoms with Crippen molar-refractivity contribution in [2.45, 2.75) is 0 Å². The molecule has 2 aromatic carbocycles. The summed E-state index contributed by atoms with van der Waals surface area (Å²) in [5.74, 6) is -0.0972. The molecule has 29 heavy (non-hydrogen) atoms. The number of benzene rings is 2. The molecular formula is C21H18FN3O3S. The van der Waals surface area contributed by atoms with Crippen LogP contribution < -0.4 is 4.90 Å². The summed E-state index contributed by atoms with van der Waals surface area (Å²) in [5.41, 5.74) is 1.72. The molecular weight excluding hydrogens is 393 g/mol. The summed E-state index contributed by atoms with van der Waals surface area (Å²) in [6.07, 6.45) is 1.40. The zero-order valence-corrected chi connectivity index (χ0v) is 16.3. The molecule has 4 rings (SSSR count). The van der Waals surface area contributed by atoms with Gasteiger partial charge in [-0.2, -0.15) is 0 Å². The van der Waals surface area contributed by atoms with Gasteiger partial charge in [-0.15, -0.1) is 0 Å². The number of aliphatic imine (C=N–C) groups is 1. The first-order chi connectivity index (χ1) is 14.1. The largest absolute Gasteiger partial charge is 0.448 e. The normalized spacial score (nSPS) is 17.8. The number of thioether (sulfide) groups is 1. The number of carbonyl (C=O) groups excluding carboxylic acids is 2. The van der Waals surface area contributed by atoms with Gasteiger partial charge in [0.05, 0.1) is 12.2 Å². The van der Waals surface area contributed by atoms with Gasteiger partial charge in [0.25, 0.3) is 5.91 Å². The van der Waals surface area contributed by atoms with Gasteiger partial charge in [-0.1, -0.05) is 42.1 Å². The summed E-state index contributed by atoms with van der Waals surface area (Å²) in [6.45, 7) is 1.45. The maximum Gasteiger partial charge on any atom is 0.409 e. The van der Waals surface area contributed by atoms with Crippen LogP contribution in [0.15, 0.2) is 65.3 Å². The smallest absolute Gasteiger partial charge is 0.409 e. The van der Waals surface area contributed by atoms with Gasteiger partial charge < -0.3 is 9.64 Å². The third-order valence-electron chi connectivity index (χ3n) is 4.45. The molecule has 0 radical (unpaired) electrons. The van der Waals surface area contributed by atoms with Gasteiger partial charge in [-0.3, -0.25) is 9.69 Å². The lowest BCUT2D eigenvalue weighted by molar-refractivity contribution is -0.113. The van der Waals surface area contributed by atoms with Gasteiger partial charge in [-0.05, 0) is 35.9 Å². The molecule has 0 atom stereocenters. The summed E-state index contributed by atoms with van der Waals surface area (Å²) < 4.78 is 18.3. The highest BCUT2D eigenvalue weighted by atomic mass is 32.2. The maximum absolute atomic E-state index is 13.3. The van der Waals surface area contributed by atoms with Crippen LogP contribution in [0.3, 0.4) is 0 Å². The van der Waals surface area contributed by atoms with Gasteiger partial charge in [0, 0.05) is 12.3 Å². The quantitative estimate of drug-likeness (QED) is 0.703. The van der Waals surface area contributed by atoms with Crippen molar-refractivity contribution in [3.8, 4) is 0 Å². The molecule has 2 heterocycles. The van der Waals surface area contributed by atoms with Crippen molar-refractivity contribution >= 4 is 40.7 Å². The SMILES string of the molecule is O=C1OCCN1CCSC1=NC(=Cc2ccccc2)C(=O)N1c1ccc(F)cc1. The number of hydrogen-bond donors (Lipinski definition) is 0. The van der Waals surface area contributed by atoms with Crippen molar-refractivity contribution in [2.75, 3.05) is 30.3 Å². The number of amidine groups is 1. The Morgan fingerprint density at radius 3 is 2.55 bits per heavy atom. The number of amides is 2. The number of anilines is 1. The summed E-state index contributed by atoms with van der Waals surface area (Å²) in [7, 11) is 0. The number of nitrogens with zero attached hydrogens (tertiary/aromatic N) is 3. The standard InChI is InChI=1S/C21H18FN3O3S/c22-16-6-8-17(9-7-16)25-19(26)18(14-15-4-2-1-3-5-15)23-20(25)29-13-11-24-10-12-28-21(24)27/h1-9,14H,10-13H2. The Bertz CT molecular complexity index is 976. The molecule has 0 spiro atoms. The highest BCUT2D eigenvalue weighted by Crippen LogP contribution is 2.29. The molecule has 0 saturated carbocycles. The van der Waals surface area contributed by atoms with E-state index in [1.54, 1.807) is 23.1 Å². The second-order valence-electron chi connectivity index (χ2n) is 6.40. The van der Waals surface area contributed by atoms with Gasteiger partial charge in [0.1, 0.15) is 18.1 Å². The summed E-state index contributed by atoms with van der Waals surface area (Å²) in [6, 6.07) is 15.2. The predicted octanol–water partition coefficient (Wildman–Crippen LogP) is 3.75. The van der Waals surface area contributed by atoms with Crippen LogP contribution in [-0.4, -0.2) is 47.5 Å². The topological polar surface area (TPSA) is 62.2 Å². The fourth-order valence-corrected chi connectivity index (χ4v) is 3.97. The second kappa shape index (κ2) is 8.48. The highest BCUT2D eigenvalue weighted by molar-refractivity contribution is 8.14. The number of halogens is 1. The molecule has 1 saturated heterocycles. The Balaban J connectivity index is 1.57. The van der Waals surface area contributed by atoms with Crippen LogP contribution in [-0.2, 0) is 9.53 Å². The zero-order chi connectivity index (χ0) is 20.2. The second-order valence-corrected chi connectivity index (χ2v) is 7.46. The molecule has 2 aliphatic rings. The molecule has 0 N–H and O–H groups in total. The summed E-state index contributed by atoms with van der Waals surface area (Å²) >= 11 is 1.37. The molecule has 6 nitrogen and oxygen atoms in total. The van der Waals surface area contributed by atoms with Gasteiger partial charge in [0.15, 0.2) is 5.17 Å². The van der Waals surface area contributed by atoms with Crippen LogP contribution in [0.2, 0.25) is 0 Å². The minimum Gasteiger partial charge on any atom is -0.448 e. The molecule has 1 fully saturated rings. The first-order valence-electron chi connectivity index (χ1n) is 9.12. The van der Waals surface area contributed by atoms with E-state index in [0.717, 1.165) is 5.56 Å². The fourth-order valence-electron chi connectivity index (χ4n) is 2.99. The van der Waals surface area contributed by atoms with Crippen molar-refractivity contribution in [2.24, 2.45) is 4.99 Å². The van der Waals surface area contributed by atoms with Crippen molar-refractivity contribution in [1.29, 1.82) is 0 Å². The van der Waals surface area contributed by atoms with Gasteiger partial charge in [0.2, 0.25) is 0 Å². The molecule has 0 aliphatic carbocycles. The maximum atomic E-state index is 13.3. The lowest BCUT2D eigenvalue weighted by Crippen LogP contribution is -2.32. The van der Waals surface area contributed by atoms with Crippen molar-refractivity contribution in [3.63, 3.8) is 0 Å². The Kier molecular flexibility index (Phi) is 5.62. The summed E-state index contributed by atoms with van der Waals surface area (Å²) in [4.78, 5) is 32.2. The van der Waals surface area contributed by atoms with Gasteiger partial charge in [-0.25, -0.2) is 14.2 Å². The van der Waals surface area contributed by atoms with E-state index in [-0.39, 0.29) is 17.8 Å². The van der Waals surface area contributed by atoms with E-state index in [9.17, 15) is 14.0 Å². The number of cyclic esters (lactones) is 1. The molecule has 0 aromatic heterocycles. The molecule has 2 amide bonds. The molecule has 2 aromatic rings. The van der Waals surface area contributed by atoms with E-state index in [1.807, 2.05) is 30.3 Å². The van der Waals surface area contributed by atoms with E-state index in [4.69, 9.17) is 4.74 Å². The number of ether oxygens (including phenoxy) is 1. The molecule has 0 bridgehead atoms. The van der Waals surface area contributed by atoms with Crippen LogP contribution in [0, 0.1) is 5.82 Å². The minimum absolute atomic E-state index is 0.274. The fraction of sp³-hybridized carbons (Fsp3) is 0.190. The van der Waals surface area contributed by atoms with E-state index in [1.165, 1.54) is 28.8 Å². The first kappa shape index (κ1) is 19.2. The first-order valence-corrected chi connectivity index (χ1v) is 10.1. The average Bonchev–Trinajstić information content (AvgIpc) is 3.27. The molecule has 2 aliphatic heterocycles. The lowest BCUT2D eigenvalue weighted by Gasteiger charge is -2.18. The van der Waals surface area contributed by atoms with Crippen LogP contribution in [0.4, 0.5) is 14.9 Å². The van der Waals surface area contributed by atoms with Crippen molar-refractivity contribution in [3.05, 3.63) is 71.7 Å². The van der Waals surface area contributed by atoms with E-state index < -0.39 is 0 Å². The number of rotatable bonds is 5. The highest BCUT2D eigenvalue weighted by Gasteiger charge is 2.32. The Hall–Kier alpha value is -3.13.